The van der Waals surface area contributed by atoms with Crippen molar-refractivity contribution in [2.24, 2.45) is 0 Å². The van der Waals surface area contributed by atoms with Crippen LogP contribution < -0.4 is 5.32 Å². The highest BCUT2D eigenvalue weighted by molar-refractivity contribution is 7.99. The van der Waals surface area contributed by atoms with Gasteiger partial charge in [-0.3, -0.25) is 9.36 Å². The predicted octanol–water partition coefficient (Wildman–Crippen LogP) is 3.98. The minimum atomic E-state index is -0.0793. The second kappa shape index (κ2) is 7.19. The number of nitrogens with zero attached hydrogens (tertiary/aromatic N) is 3. The molecule has 0 aliphatic rings. The number of nitrogens with one attached hydrogen (secondary N) is 1. The normalized spacial score (nSPS) is 10.8. The van der Waals surface area contributed by atoms with Crippen LogP contribution in [-0.4, -0.2) is 26.2 Å². The lowest BCUT2D eigenvalue weighted by Crippen LogP contribution is -2.14. The third-order valence-corrected chi connectivity index (χ3v) is 5.13. The maximum atomic E-state index is 12.1. The molecule has 1 N–H and O–H groups in total. The molecule has 2 aromatic heterocycles. The van der Waals surface area contributed by atoms with Gasteiger partial charge in [-0.2, -0.15) is 0 Å². The predicted molar refractivity (Wildman–Crippen MR) is 99.2 cm³/mol. The summed E-state index contributed by atoms with van der Waals surface area (Å²) in [6.07, 6.45) is 3.67. The van der Waals surface area contributed by atoms with Crippen LogP contribution in [0.2, 0.25) is 0 Å². The van der Waals surface area contributed by atoms with Crippen LogP contribution in [0.1, 0.15) is 16.8 Å². The number of rotatable bonds is 5. The first-order valence-corrected chi connectivity index (χ1v) is 9.34. The summed E-state index contributed by atoms with van der Waals surface area (Å²) >= 11 is 2.84. The van der Waals surface area contributed by atoms with Gasteiger partial charge in [0.25, 0.3) is 0 Å². The minimum absolute atomic E-state index is 0.0793. The highest BCUT2D eigenvalue weighted by Gasteiger charge is 2.11. The van der Waals surface area contributed by atoms with E-state index in [1.54, 1.807) is 6.20 Å². The quantitative estimate of drug-likeness (QED) is 0.701. The Labute approximate surface area is 149 Å². The van der Waals surface area contributed by atoms with E-state index in [1.165, 1.54) is 34.2 Å². The fourth-order valence-corrected chi connectivity index (χ4v) is 3.86. The molecule has 3 aromatic rings. The van der Waals surface area contributed by atoms with E-state index in [4.69, 9.17) is 0 Å². The molecule has 5 nitrogen and oxygen atoms in total. The lowest BCUT2D eigenvalue weighted by molar-refractivity contribution is -0.113. The average molecular weight is 358 g/mol. The van der Waals surface area contributed by atoms with Crippen LogP contribution in [0.15, 0.2) is 41.1 Å². The molecule has 1 aromatic carbocycles. The highest BCUT2D eigenvalue weighted by Crippen LogP contribution is 2.23. The molecular weight excluding hydrogens is 340 g/mol. The monoisotopic (exact) mass is 358 g/mol. The van der Waals surface area contributed by atoms with E-state index in [0.29, 0.717) is 10.9 Å². The van der Waals surface area contributed by atoms with Crippen molar-refractivity contribution in [3.05, 3.63) is 52.8 Å². The van der Waals surface area contributed by atoms with Crippen LogP contribution in [0.25, 0.3) is 5.69 Å². The van der Waals surface area contributed by atoms with E-state index >= 15 is 0 Å². The van der Waals surface area contributed by atoms with Gasteiger partial charge in [0.15, 0.2) is 10.3 Å². The SMILES string of the molecule is Cc1cc(C)cc(-n2ccnc2SCC(=O)Nc2nc(C)cs2)c1. The highest BCUT2D eigenvalue weighted by atomic mass is 32.2. The summed E-state index contributed by atoms with van der Waals surface area (Å²) in [5.41, 5.74) is 4.37. The molecule has 0 fully saturated rings. The molecule has 0 aliphatic heterocycles. The number of carbonyl (C=O) groups is 1. The maximum Gasteiger partial charge on any atom is 0.236 e. The standard InChI is InChI=1S/C17H18N4OS2/c1-11-6-12(2)8-14(7-11)21-5-4-18-17(21)24-10-15(22)20-16-19-13(3)9-23-16/h4-9H,10H2,1-3H3,(H,19,20,22). The molecule has 1 amide bonds. The number of carbonyl (C=O) groups excluding carboxylic acids is 1. The lowest BCUT2D eigenvalue weighted by atomic mass is 10.1. The van der Waals surface area contributed by atoms with E-state index in [9.17, 15) is 4.79 Å². The number of thiazole rings is 1. The van der Waals surface area contributed by atoms with Gasteiger partial charge in [0, 0.05) is 23.5 Å². The molecule has 0 aliphatic carbocycles. The van der Waals surface area contributed by atoms with Crippen LogP contribution in [0.5, 0.6) is 0 Å². The maximum absolute atomic E-state index is 12.1. The molecule has 24 heavy (non-hydrogen) atoms. The smallest absolute Gasteiger partial charge is 0.236 e. The first kappa shape index (κ1) is 16.7. The van der Waals surface area contributed by atoms with Crippen molar-refractivity contribution in [1.82, 2.24) is 14.5 Å². The zero-order chi connectivity index (χ0) is 17.1. The Balaban J connectivity index is 1.68. The first-order valence-electron chi connectivity index (χ1n) is 7.48. The van der Waals surface area contributed by atoms with Gasteiger partial charge in [-0.25, -0.2) is 9.97 Å². The van der Waals surface area contributed by atoms with Gasteiger partial charge in [0.1, 0.15) is 0 Å². The van der Waals surface area contributed by atoms with Crippen LogP contribution in [0.4, 0.5) is 5.13 Å². The van der Waals surface area contributed by atoms with Gasteiger partial charge in [-0.05, 0) is 44.0 Å². The summed E-state index contributed by atoms with van der Waals surface area (Å²) in [6.45, 7) is 6.05. The van der Waals surface area contributed by atoms with Crippen LogP contribution in [0, 0.1) is 20.8 Å². The molecular formula is C17H18N4OS2. The molecule has 0 saturated carbocycles. The van der Waals surface area contributed by atoms with Crippen molar-refractivity contribution in [3.63, 3.8) is 0 Å². The van der Waals surface area contributed by atoms with Gasteiger partial charge in [0.05, 0.1) is 11.4 Å². The Morgan fingerprint density at radius 1 is 1.25 bits per heavy atom. The number of hydrogen-bond acceptors (Lipinski definition) is 5. The van der Waals surface area contributed by atoms with E-state index < -0.39 is 0 Å². The second-order valence-corrected chi connectivity index (χ2v) is 7.36. The fourth-order valence-electron chi connectivity index (χ4n) is 2.38. The van der Waals surface area contributed by atoms with Gasteiger partial charge >= 0.3 is 0 Å². The Bertz CT molecular complexity index is 849. The zero-order valence-corrected chi connectivity index (χ0v) is 15.4. The lowest BCUT2D eigenvalue weighted by Gasteiger charge is -2.09. The van der Waals surface area contributed by atoms with Crippen molar-refractivity contribution in [2.45, 2.75) is 25.9 Å². The molecule has 3 rings (SSSR count). The summed E-state index contributed by atoms with van der Waals surface area (Å²) in [5.74, 6) is 0.213. The number of aromatic nitrogens is 3. The Morgan fingerprint density at radius 2 is 2.00 bits per heavy atom. The summed E-state index contributed by atoms with van der Waals surface area (Å²) in [4.78, 5) is 20.7. The molecule has 0 bridgehead atoms. The topological polar surface area (TPSA) is 59.8 Å². The van der Waals surface area contributed by atoms with Crippen molar-refractivity contribution < 1.29 is 4.79 Å². The van der Waals surface area contributed by atoms with Gasteiger partial charge in [0.2, 0.25) is 5.91 Å². The molecule has 0 unspecified atom stereocenters. The summed E-state index contributed by atoms with van der Waals surface area (Å²) in [6, 6.07) is 6.35. The number of imidazole rings is 1. The third-order valence-electron chi connectivity index (χ3n) is 3.29. The number of hydrogen-bond donors (Lipinski definition) is 1. The van der Waals surface area contributed by atoms with Crippen LogP contribution in [0.3, 0.4) is 0 Å². The number of benzene rings is 1. The van der Waals surface area contributed by atoms with Crippen molar-refractivity contribution >= 4 is 34.1 Å². The number of thioether (sulfide) groups is 1. The molecule has 0 atom stereocenters. The number of amides is 1. The molecule has 2 heterocycles. The Kier molecular flexibility index (Phi) is 5.01. The fraction of sp³-hybridized carbons (Fsp3) is 0.235. The number of anilines is 1. The van der Waals surface area contributed by atoms with Gasteiger partial charge in [-0.1, -0.05) is 17.8 Å². The van der Waals surface area contributed by atoms with Crippen LogP contribution in [-0.2, 0) is 4.79 Å². The van der Waals surface area contributed by atoms with Crippen molar-refractivity contribution in [3.8, 4) is 5.69 Å². The summed E-state index contributed by atoms with van der Waals surface area (Å²) in [5, 5.41) is 6.16. The summed E-state index contributed by atoms with van der Waals surface area (Å²) < 4.78 is 2.01. The molecule has 0 spiro atoms. The number of aryl methyl sites for hydroxylation is 3. The van der Waals surface area contributed by atoms with Gasteiger partial charge in [-0.15, -0.1) is 11.3 Å². The van der Waals surface area contributed by atoms with Crippen molar-refractivity contribution in [1.29, 1.82) is 0 Å². The Hall–Kier alpha value is -2.12. The van der Waals surface area contributed by atoms with Crippen LogP contribution >= 0.6 is 23.1 Å². The second-order valence-electron chi connectivity index (χ2n) is 5.56. The largest absolute Gasteiger partial charge is 0.301 e. The van der Waals surface area contributed by atoms with Gasteiger partial charge < -0.3 is 5.32 Å². The molecule has 0 radical (unpaired) electrons. The van der Waals surface area contributed by atoms with E-state index in [0.717, 1.165) is 16.5 Å². The summed E-state index contributed by atoms with van der Waals surface area (Å²) in [7, 11) is 0. The molecule has 124 valence electrons. The minimum Gasteiger partial charge on any atom is -0.301 e. The first-order chi connectivity index (χ1) is 11.5. The molecule has 7 heteroatoms. The van der Waals surface area contributed by atoms with E-state index in [2.05, 4.69) is 47.3 Å². The Morgan fingerprint density at radius 3 is 2.67 bits per heavy atom. The third kappa shape index (κ3) is 4.04. The molecule has 0 saturated heterocycles. The van der Waals surface area contributed by atoms with E-state index in [-0.39, 0.29) is 5.91 Å². The zero-order valence-electron chi connectivity index (χ0n) is 13.7. The van der Waals surface area contributed by atoms with E-state index in [1.807, 2.05) is 23.1 Å². The average Bonchev–Trinajstić information content (AvgIpc) is 3.13. The van der Waals surface area contributed by atoms with Crippen molar-refractivity contribution in [2.75, 3.05) is 11.1 Å².